The van der Waals surface area contributed by atoms with Crippen molar-refractivity contribution in [1.82, 2.24) is 24.4 Å². The van der Waals surface area contributed by atoms with Crippen LogP contribution >= 0.6 is 0 Å². The molecule has 1 aromatic carbocycles. The summed E-state index contributed by atoms with van der Waals surface area (Å²) in [6.07, 6.45) is 5.83. The second kappa shape index (κ2) is 6.37. The maximum Gasteiger partial charge on any atom is 0.123 e. The minimum atomic E-state index is 0.115. The van der Waals surface area contributed by atoms with Crippen molar-refractivity contribution in [3.8, 4) is 0 Å². The SMILES string of the molecule is Cn1cncc1[C@@H]1C[C@@H](NCc2nc3ccccc3n2C)CCO1. The lowest BCUT2D eigenvalue weighted by Gasteiger charge is -2.30. The number of hydrogen-bond acceptors (Lipinski definition) is 4. The molecule has 1 saturated heterocycles. The smallest absolute Gasteiger partial charge is 0.123 e. The van der Waals surface area contributed by atoms with Crippen LogP contribution in [0, 0.1) is 0 Å². The average Bonchev–Trinajstić information content (AvgIpc) is 3.17. The van der Waals surface area contributed by atoms with Gasteiger partial charge in [0.05, 0.1) is 35.8 Å². The Labute approximate surface area is 141 Å². The van der Waals surface area contributed by atoms with Gasteiger partial charge in [0.2, 0.25) is 0 Å². The van der Waals surface area contributed by atoms with E-state index < -0.39 is 0 Å². The Bertz CT molecular complexity index is 837. The van der Waals surface area contributed by atoms with Gasteiger partial charge < -0.3 is 19.2 Å². The Kier molecular flexibility index (Phi) is 4.08. The molecule has 3 aromatic rings. The highest BCUT2D eigenvalue weighted by molar-refractivity contribution is 5.75. The van der Waals surface area contributed by atoms with Crippen molar-refractivity contribution in [2.45, 2.75) is 31.5 Å². The van der Waals surface area contributed by atoms with E-state index in [1.165, 1.54) is 5.52 Å². The molecule has 6 heteroatoms. The van der Waals surface area contributed by atoms with Crippen LogP contribution in [-0.4, -0.2) is 31.8 Å². The van der Waals surface area contributed by atoms with E-state index in [9.17, 15) is 0 Å². The summed E-state index contributed by atoms with van der Waals surface area (Å²) in [5, 5.41) is 3.66. The maximum absolute atomic E-state index is 5.94. The standard InChI is InChI=1S/C18H23N5O/c1-22-12-19-10-16(22)17-9-13(7-8-24-17)20-11-18-21-14-5-3-4-6-15(14)23(18)2/h3-6,10,12-13,17,20H,7-9,11H2,1-2H3/t13-,17-/m0/s1. The second-order valence-electron chi connectivity index (χ2n) is 6.47. The Morgan fingerprint density at radius 1 is 1.29 bits per heavy atom. The second-order valence-corrected chi connectivity index (χ2v) is 6.47. The first-order valence-corrected chi connectivity index (χ1v) is 8.44. The van der Waals surface area contributed by atoms with Gasteiger partial charge >= 0.3 is 0 Å². The lowest BCUT2D eigenvalue weighted by Crippen LogP contribution is -2.36. The van der Waals surface area contributed by atoms with Crippen LogP contribution in [0.1, 0.15) is 30.5 Å². The number of para-hydroxylation sites is 2. The molecule has 0 amide bonds. The number of rotatable bonds is 4. The molecule has 0 radical (unpaired) electrons. The van der Waals surface area contributed by atoms with Crippen molar-refractivity contribution < 1.29 is 4.74 Å². The number of aryl methyl sites for hydroxylation is 2. The molecule has 0 saturated carbocycles. The molecule has 24 heavy (non-hydrogen) atoms. The summed E-state index contributed by atoms with van der Waals surface area (Å²) in [7, 11) is 4.09. The highest BCUT2D eigenvalue weighted by atomic mass is 16.5. The van der Waals surface area contributed by atoms with Gasteiger partial charge in [-0.05, 0) is 25.0 Å². The van der Waals surface area contributed by atoms with Crippen LogP contribution in [0.15, 0.2) is 36.8 Å². The summed E-state index contributed by atoms with van der Waals surface area (Å²) >= 11 is 0. The van der Waals surface area contributed by atoms with E-state index in [-0.39, 0.29) is 6.10 Å². The van der Waals surface area contributed by atoms with Crippen molar-refractivity contribution in [2.24, 2.45) is 14.1 Å². The maximum atomic E-state index is 5.94. The van der Waals surface area contributed by atoms with E-state index >= 15 is 0 Å². The molecule has 6 nitrogen and oxygen atoms in total. The zero-order chi connectivity index (χ0) is 16.5. The molecule has 2 atom stereocenters. The van der Waals surface area contributed by atoms with Crippen LogP contribution in [0.2, 0.25) is 0 Å². The zero-order valence-electron chi connectivity index (χ0n) is 14.1. The zero-order valence-corrected chi connectivity index (χ0v) is 14.1. The molecule has 1 aliphatic heterocycles. The number of ether oxygens (including phenoxy) is 1. The molecule has 1 fully saturated rings. The Balaban J connectivity index is 1.43. The van der Waals surface area contributed by atoms with Gasteiger partial charge in [-0.3, -0.25) is 0 Å². The summed E-state index contributed by atoms with van der Waals surface area (Å²) in [5.41, 5.74) is 3.37. The van der Waals surface area contributed by atoms with Crippen LogP contribution in [0.4, 0.5) is 0 Å². The molecule has 3 heterocycles. The van der Waals surface area contributed by atoms with Crippen molar-refractivity contribution in [3.63, 3.8) is 0 Å². The van der Waals surface area contributed by atoms with Crippen LogP contribution < -0.4 is 5.32 Å². The van der Waals surface area contributed by atoms with Gasteiger partial charge in [0, 0.05) is 26.7 Å². The number of nitrogens with zero attached hydrogens (tertiary/aromatic N) is 4. The molecule has 0 aliphatic carbocycles. The Hall–Kier alpha value is -2.18. The molecule has 0 bridgehead atoms. The largest absolute Gasteiger partial charge is 0.372 e. The van der Waals surface area contributed by atoms with E-state index in [1.54, 1.807) is 0 Å². The lowest BCUT2D eigenvalue weighted by atomic mass is 10.0. The van der Waals surface area contributed by atoms with Crippen LogP contribution in [-0.2, 0) is 25.4 Å². The van der Waals surface area contributed by atoms with E-state index in [2.05, 4.69) is 40.1 Å². The number of aromatic nitrogens is 4. The van der Waals surface area contributed by atoms with Crippen LogP contribution in [0.3, 0.4) is 0 Å². The van der Waals surface area contributed by atoms with Gasteiger partial charge in [-0.25, -0.2) is 9.97 Å². The summed E-state index contributed by atoms with van der Waals surface area (Å²) in [6.45, 7) is 1.55. The first kappa shape index (κ1) is 15.4. The van der Waals surface area contributed by atoms with Gasteiger partial charge in [0.1, 0.15) is 11.9 Å². The molecular formula is C18H23N5O. The summed E-state index contributed by atoms with van der Waals surface area (Å²) in [5.74, 6) is 1.07. The third-order valence-electron chi connectivity index (χ3n) is 4.90. The van der Waals surface area contributed by atoms with Crippen molar-refractivity contribution in [3.05, 3.63) is 48.3 Å². The normalized spacial score (nSPS) is 21.4. The first-order chi connectivity index (χ1) is 11.7. The van der Waals surface area contributed by atoms with Crippen molar-refractivity contribution in [2.75, 3.05) is 6.61 Å². The minimum absolute atomic E-state index is 0.115. The fraction of sp³-hybridized carbons (Fsp3) is 0.444. The predicted octanol–water partition coefficient (Wildman–Crippen LogP) is 2.32. The van der Waals surface area contributed by atoms with E-state index in [0.717, 1.165) is 43.0 Å². The van der Waals surface area contributed by atoms with Crippen LogP contribution in [0.25, 0.3) is 11.0 Å². The third-order valence-corrected chi connectivity index (χ3v) is 4.90. The average molecular weight is 325 g/mol. The Morgan fingerprint density at radius 3 is 2.96 bits per heavy atom. The molecule has 1 N–H and O–H groups in total. The van der Waals surface area contributed by atoms with Gasteiger partial charge in [-0.2, -0.15) is 0 Å². The summed E-state index contributed by atoms with van der Waals surface area (Å²) < 4.78 is 10.1. The van der Waals surface area contributed by atoms with Crippen molar-refractivity contribution in [1.29, 1.82) is 0 Å². The fourth-order valence-electron chi connectivity index (χ4n) is 3.46. The molecule has 1 aliphatic rings. The highest BCUT2D eigenvalue weighted by Gasteiger charge is 2.25. The number of hydrogen-bond donors (Lipinski definition) is 1. The molecule has 0 unspecified atom stereocenters. The van der Waals surface area contributed by atoms with Gasteiger partial charge in [0.15, 0.2) is 0 Å². The fourth-order valence-corrected chi connectivity index (χ4v) is 3.46. The highest BCUT2D eigenvalue weighted by Crippen LogP contribution is 2.27. The first-order valence-electron chi connectivity index (χ1n) is 8.44. The topological polar surface area (TPSA) is 56.9 Å². The number of nitrogens with one attached hydrogen (secondary N) is 1. The number of imidazole rings is 2. The van der Waals surface area contributed by atoms with Gasteiger partial charge in [0.25, 0.3) is 0 Å². The molecular weight excluding hydrogens is 302 g/mol. The third kappa shape index (κ3) is 2.83. The van der Waals surface area contributed by atoms with E-state index in [0.29, 0.717) is 6.04 Å². The predicted molar refractivity (Wildman–Crippen MR) is 92.5 cm³/mol. The van der Waals surface area contributed by atoms with Gasteiger partial charge in [-0.1, -0.05) is 12.1 Å². The molecule has 4 rings (SSSR count). The quantitative estimate of drug-likeness (QED) is 0.800. The number of fused-ring (bicyclic) bond motifs is 1. The van der Waals surface area contributed by atoms with E-state index in [4.69, 9.17) is 9.72 Å². The van der Waals surface area contributed by atoms with Gasteiger partial charge in [-0.15, -0.1) is 0 Å². The summed E-state index contributed by atoms with van der Waals surface area (Å²) in [6, 6.07) is 8.69. The minimum Gasteiger partial charge on any atom is -0.372 e. The molecule has 2 aromatic heterocycles. The molecule has 126 valence electrons. The number of benzene rings is 1. The summed E-state index contributed by atoms with van der Waals surface area (Å²) in [4.78, 5) is 8.94. The van der Waals surface area contributed by atoms with Crippen molar-refractivity contribution >= 4 is 11.0 Å². The lowest BCUT2D eigenvalue weighted by molar-refractivity contribution is -0.00417. The molecule has 0 spiro atoms. The Morgan fingerprint density at radius 2 is 2.17 bits per heavy atom. The van der Waals surface area contributed by atoms with Crippen LogP contribution in [0.5, 0.6) is 0 Å². The monoisotopic (exact) mass is 325 g/mol. The van der Waals surface area contributed by atoms with E-state index in [1.807, 2.05) is 30.2 Å².